The topological polar surface area (TPSA) is 93.5 Å². The maximum absolute atomic E-state index is 13.0. The van der Waals surface area contributed by atoms with Crippen LogP contribution in [-0.2, 0) is 26.1 Å². The van der Waals surface area contributed by atoms with Crippen LogP contribution in [-0.4, -0.2) is 66.8 Å². The lowest BCUT2D eigenvalue weighted by molar-refractivity contribution is -0.118. The summed E-state index contributed by atoms with van der Waals surface area (Å²) in [5.74, 6) is 0.922. The third kappa shape index (κ3) is 5.30. The van der Waals surface area contributed by atoms with E-state index in [-0.39, 0.29) is 10.8 Å². The van der Waals surface area contributed by atoms with Gasteiger partial charge < -0.3 is 14.6 Å². The molecule has 1 aromatic carbocycles. The van der Waals surface area contributed by atoms with Crippen LogP contribution in [0.4, 0.5) is 0 Å². The molecule has 1 saturated heterocycles. The Morgan fingerprint density at radius 2 is 1.97 bits per heavy atom. The molecule has 4 rings (SSSR count). The Morgan fingerprint density at radius 1 is 1.22 bits per heavy atom. The summed E-state index contributed by atoms with van der Waals surface area (Å²) < 4.78 is 34.7. The number of thioether (sulfide) groups is 1. The maximum Gasteiger partial charge on any atom is 0.243 e. The van der Waals surface area contributed by atoms with Crippen molar-refractivity contribution in [1.29, 1.82) is 0 Å². The summed E-state index contributed by atoms with van der Waals surface area (Å²) in [5.41, 5.74) is 1.50. The van der Waals surface area contributed by atoms with E-state index in [0.717, 1.165) is 17.2 Å². The van der Waals surface area contributed by atoms with E-state index in [2.05, 4.69) is 10.3 Å². The fraction of sp³-hybridized carbons (Fsp3) is 0.636. The zero-order valence-electron chi connectivity index (χ0n) is 18.6. The molecule has 2 fully saturated rings. The van der Waals surface area contributed by atoms with Gasteiger partial charge in [-0.1, -0.05) is 31.0 Å². The number of sulfonamides is 1. The molecule has 0 radical (unpaired) electrons. The first-order valence-corrected chi connectivity index (χ1v) is 13.9. The highest BCUT2D eigenvalue weighted by atomic mass is 32.2. The van der Waals surface area contributed by atoms with E-state index in [1.54, 1.807) is 12.1 Å². The van der Waals surface area contributed by atoms with Crippen LogP contribution in [0.25, 0.3) is 11.0 Å². The fourth-order valence-electron chi connectivity index (χ4n) is 4.43. The summed E-state index contributed by atoms with van der Waals surface area (Å²) in [4.78, 5) is 17.3. The van der Waals surface area contributed by atoms with Crippen LogP contribution < -0.4 is 5.32 Å². The zero-order chi connectivity index (χ0) is 22.6. The molecule has 8 nitrogen and oxygen atoms in total. The molecule has 0 spiro atoms. The second kappa shape index (κ2) is 10.5. The molecule has 1 aromatic heterocycles. The summed E-state index contributed by atoms with van der Waals surface area (Å²) in [7, 11) is -3.57. The van der Waals surface area contributed by atoms with Crippen molar-refractivity contribution < 1.29 is 17.9 Å². The molecular weight excluding hydrogens is 448 g/mol. The van der Waals surface area contributed by atoms with Crippen molar-refractivity contribution in [3.63, 3.8) is 0 Å². The van der Waals surface area contributed by atoms with E-state index >= 15 is 0 Å². The van der Waals surface area contributed by atoms with Crippen LogP contribution in [0.5, 0.6) is 0 Å². The Bertz CT molecular complexity index is 1040. The number of hydrogen-bond acceptors (Lipinski definition) is 6. The van der Waals surface area contributed by atoms with Crippen LogP contribution in [0.3, 0.4) is 0 Å². The quantitative estimate of drug-likeness (QED) is 0.584. The lowest BCUT2D eigenvalue weighted by Crippen LogP contribution is -2.40. The molecule has 2 aromatic rings. The third-order valence-electron chi connectivity index (χ3n) is 6.25. The Labute approximate surface area is 194 Å². The molecule has 2 aliphatic rings. The first-order valence-electron chi connectivity index (χ1n) is 11.5. The number of nitrogens with zero attached hydrogens (tertiary/aromatic N) is 3. The van der Waals surface area contributed by atoms with Crippen molar-refractivity contribution in [3.8, 4) is 0 Å². The summed E-state index contributed by atoms with van der Waals surface area (Å²) in [6.07, 6.45) is 6.24. The normalized spacial score (nSPS) is 18.8. The van der Waals surface area contributed by atoms with Gasteiger partial charge in [-0.25, -0.2) is 13.4 Å². The van der Waals surface area contributed by atoms with Gasteiger partial charge in [0.1, 0.15) is 0 Å². The maximum atomic E-state index is 13.0. The van der Waals surface area contributed by atoms with Gasteiger partial charge in [0, 0.05) is 26.2 Å². The van der Waals surface area contributed by atoms with Crippen molar-refractivity contribution in [2.45, 2.75) is 55.6 Å². The van der Waals surface area contributed by atoms with E-state index in [4.69, 9.17) is 4.74 Å². The SMILES string of the molecule is CCn1c(SCC(=O)NCC2CCCCC2)nc2cc(S(=O)(=O)N3CCOCC3)ccc21. The number of imidazole rings is 1. The number of amides is 1. The van der Waals surface area contributed by atoms with Crippen LogP contribution >= 0.6 is 11.8 Å². The number of carbonyl (C=O) groups excluding carboxylic acids is 1. The second-order valence-electron chi connectivity index (χ2n) is 8.40. The molecule has 10 heteroatoms. The van der Waals surface area contributed by atoms with Gasteiger partial charge in [-0.15, -0.1) is 0 Å². The van der Waals surface area contributed by atoms with E-state index < -0.39 is 10.0 Å². The van der Waals surface area contributed by atoms with Crippen LogP contribution in [0.2, 0.25) is 0 Å². The van der Waals surface area contributed by atoms with Gasteiger partial charge in [0.2, 0.25) is 15.9 Å². The monoisotopic (exact) mass is 480 g/mol. The average Bonchev–Trinajstić information content (AvgIpc) is 3.19. The lowest BCUT2D eigenvalue weighted by atomic mass is 9.89. The Kier molecular flexibility index (Phi) is 7.75. The predicted molar refractivity (Wildman–Crippen MR) is 125 cm³/mol. The minimum atomic E-state index is -3.57. The number of hydrogen-bond donors (Lipinski definition) is 1. The zero-order valence-corrected chi connectivity index (χ0v) is 20.2. The summed E-state index contributed by atoms with van der Waals surface area (Å²) in [6, 6.07) is 5.10. The molecular formula is C22H32N4O4S2. The van der Waals surface area contributed by atoms with Gasteiger partial charge in [0.25, 0.3) is 0 Å². The largest absolute Gasteiger partial charge is 0.379 e. The van der Waals surface area contributed by atoms with Crippen LogP contribution in [0.1, 0.15) is 39.0 Å². The first kappa shape index (κ1) is 23.5. The number of nitrogens with one attached hydrogen (secondary N) is 1. The van der Waals surface area contributed by atoms with Crippen LogP contribution in [0.15, 0.2) is 28.3 Å². The molecule has 1 amide bonds. The van der Waals surface area contributed by atoms with Crippen molar-refractivity contribution in [1.82, 2.24) is 19.2 Å². The molecule has 0 bridgehead atoms. The number of carbonyl (C=O) groups is 1. The third-order valence-corrected chi connectivity index (χ3v) is 9.12. The average molecular weight is 481 g/mol. The number of aromatic nitrogens is 2. The van der Waals surface area contributed by atoms with E-state index in [1.165, 1.54) is 48.2 Å². The van der Waals surface area contributed by atoms with E-state index in [0.29, 0.717) is 50.0 Å². The molecule has 32 heavy (non-hydrogen) atoms. The summed E-state index contributed by atoms with van der Waals surface area (Å²) >= 11 is 1.40. The van der Waals surface area contributed by atoms with Gasteiger partial charge in [-0.05, 0) is 43.9 Å². The highest BCUT2D eigenvalue weighted by molar-refractivity contribution is 7.99. The van der Waals surface area contributed by atoms with Crippen molar-refractivity contribution in [2.24, 2.45) is 5.92 Å². The predicted octanol–water partition coefficient (Wildman–Crippen LogP) is 2.87. The minimum Gasteiger partial charge on any atom is -0.379 e. The Morgan fingerprint density at radius 3 is 2.69 bits per heavy atom. The Hall–Kier alpha value is -1.62. The van der Waals surface area contributed by atoms with Crippen molar-refractivity contribution in [3.05, 3.63) is 18.2 Å². The molecule has 1 saturated carbocycles. The molecule has 1 aliphatic heterocycles. The van der Waals surface area contributed by atoms with Gasteiger partial charge in [0.05, 0.1) is 34.9 Å². The number of benzene rings is 1. The molecule has 0 unspecified atom stereocenters. The van der Waals surface area contributed by atoms with Gasteiger partial charge in [0.15, 0.2) is 5.16 Å². The lowest BCUT2D eigenvalue weighted by Gasteiger charge is -2.26. The molecule has 1 aliphatic carbocycles. The second-order valence-corrected chi connectivity index (χ2v) is 11.3. The number of ether oxygens (including phenoxy) is 1. The van der Waals surface area contributed by atoms with Gasteiger partial charge in [-0.2, -0.15) is 4.31 Å². The van der Waals surface area contributed by atoms with Crippen molar-refractivity contribution in [2.75, 3.05) is 38.6 Å². The van der Waals surface area contributed by atoms with E-state index in [1.807, 2.05) is 17.6 Å². The number of fused-ring (bicyclic) bond motifs is 1. The highest BCUT2D eigenvalue weighted by Gasteiger charge is 2.27. The summed E-state index contributed by atoms with van der Waals surface area (Å²) in [6.45, 7) is 5.02. The van der Waals surface area contributed by atoms with Gasteiger partial charge >= 0.3 is 0 Å². The van der Waals surface area contributed by atoms with E-state index in [9.17, 15) is 13.2 Å². The summed E-state index contributed by atoms with van der Waals surface area (Å²) in [5, 5.41) is 3.80. The number of rotatable bonds is 8. The smallest absolute Gasteiger partial charge is 0.243 e. The standard InChI is InChI=1S/C22H32N4O4S2/c1-2-26-20-9-8-18(32(28,29)25-10-12-30-13-11-25)14-19(20)24-22(26)31-16-21(27)23-15-17-6-4-3-5-7-17/h8-9,14,17H,2-7,10-13,15-16H2,1H3,(H,23,27). The molecule has 2 heterocycles. The fourth-order valence-corrected chi connectivity index (χ4v) is 6.77. The van der Waals surface area contributed by atoms with Gasteiger partial charge in [-0.3, -0.25) is 4.79 Å². The van der Waals surface area contributed by atoms with Crippen molar-refractivity contribution >= 4 is 38.7 Å². The minimum absolute atomic E-state index is 0.0193. The molecule has 0 atom stereocenters. The Balaban J connectivity index is 1.44. The number of morpholine rings is 1. The molecule has 1 N–H and O–H groups in total. The first-order chi connectivity index (χ1) is 15.5. The number of aryl methyl sites for hydroxylation is 1. The highest BCUT2D eigenvalue weighted by Crippen LogP contribution is 2.28. The molecule has 176 valence electrons. The van der Waals surface area contributed by atoms with Crippen LogP contribution in [0, 0.1) is 5.92 Å².